The molecule has 44 heavy (non-hydrogen) atoms. The first-order chi connectivity index (χ1) is 21.0. The SMILES string of the molecule is COC(=O)[C@@H]1C[C@H](C(=O)Nc2ccc(C#N)c(Cl)c2)CN(C(=O)Nc2ccc3c(c2)c(=O)n(CC2CC2)c(=O)n3C(C)C)C1. The van der Waals surface area contributed by atoms with Crippen molar-refractivity contribution >= 4 is 51.8 Å². The van der Waals surface area contributed by atoms with E-state index in [2.05, 4.69) is 10.6 Å². The zero-order valence-corrected chi connectivity index (χ0v) is 25.4. The molecule has 2 N–H and O–H groups in total. The van der Waals surface area contributed by atoms with Crippen molar-refractivity contribution in [1.82, 2.24) is 14.0 Å². The number of halogens is 1. The lowest BCUT2D eigenvalue weighted by Crippen LogP contribution is -2.50. The molecule has 1 aromatic heterocycles. The minimum absolute atomic E-state index is 0.0177. The second kappa shape index (κ2) is 12.5. The molecule has 2 heterocycles. The highest BCUT2D eigenvalue weighted by Gasteiger charge is 2.38. The molecule has 1 saturated carbocycles. The average Bonchev–Trinajstić information content (AvgIpc) is 3.83. The fourth-order valence-corrected chi connectivity index (χ4v) is 5.82. The van der Waals surface area contributed by atoms with E-state index < -0.39 is 35.3 Å². The summed E-state index contributed by atoms with van der Waals surface area (Å²) in [6, 6.07) is 10.5. The van der Waals surface area contributed by atoms with Gasteiger partial charge in [-0.1, -0.05) is 11.6 Å². The Morgan fingerprint density at radius 2 is 1.73 bits per heavy atom. The largest absolute Gasteiger partial charge is 0.469 e. The summed E-state index contributed by atoms with van der Waals surface area (Å²) >= 11 is 6.10. The number of methoxy groups -OCH3 is 1. The van der Waals surface area contributed by atoms with Crippen molar-refractivity contribution in [3.63, 3.8) is 0 Å². The molecule has 0 bridgehead atoms. The van der Waals surface area contributed by atoms with Crippen LogP contribution in [0.2, 0.25) is 5.02 Å². The maximum absolute atomic E-state index is 13.5. The number of ether oxygens (including phenoxy) is 1. The van der Waals surface area contributed by atoms with Crippen LogP contribution in [0, 0.1) is 29.1 Å². The van der Waals surface area contributed by atoms with Crippen molar-refractivity contribution in [2.24, 2.45) is 17.8 Å². The molecule has 12 nitrogen and oxygen atoms in total. The number of nitrogens with one attached hydrogen (secondary N) is 2. The van der Waals surface area contributed by atoms with Gasteiger partial charge in [-0.3, -0.25) is 23.5 Å². The van der Waals surface area contributed by atoms with Gasteiger partial charge >= 0.3 is 17.7 Å². The van der Waals surface area contributed by atoms with Crippen molar-refractivity contribution in [2.75, 3.05) is 30.8 Å². The number of benzene rings is 2. The van der Waals surface area contributed by atoms with E-state index >= 15 is 0 Å². The van der Waals surface area contributed by atoms with Gasteiger partial charge in [-0.15, -0.1) is 0 Å². The third-order valence-corrected chi connectivity index (χ3v) is 8.39. The fourth-order valence-electron chi connectivity index (χ4n) is 5.60. The van der Waals surface area contributed by atoms with Gasteiger partial charge in [-0.2, -0.15) is 5.26 Å². The summed E-state index contributed by atoms with van der Waals surface area (Å²) in [5.74, 6) is -2.16. The molecule has 0 spiro atoms. The normalized spacial score (nSPS) is 18.1. The van der Waals surface area contributed by atoms with Crippen LogP contribution >= 0.6 is 11.6 Å². The predicted octanol–water partition coefficient (Wildman–Crippen LogP) is 3.96. The lowest BCUT2D eigenvalue weighted by atomic mass is 9.88. The highest BCUT2D eigenvalue weighted by atomic mass is 35.5. The predicted molar refractivity (Wildman–Crippen MR) is 165 cm³/mol. The minimum atomic E-state index is -0.750. The molecular weight excluding hydrogens is 588 g/mol. The number of aromatic nitrogens is 2. The number of amides is 3. The molecule has 2 aromatic carbocycles. The second-order valence-corrected chi connectivity index (χ2v) is 12.0. The number of fused-ring (bicyclic) bond motifs is 1. The molecule has 13 heteroatoms. The summed E-state index contributed by atoms with van der Waals surface area (Å²) in [6.07, 6.45) is 2.12. The Hall–Kier alpha value is -4.63. The van der Waals surface area contributed by atoms with E-state index in [1.165, 1.54) is 28.7 Å². The first kappa shape index (κ1) is 30.8. The molecular formula is C31H33ClN6O6. The summed E-state index contributed by atoms with van der Waals surface area (Å²) in [5.41, 5.74) is 0.685. The van der Waals surface area contributed by atoms with Crippen LogP contribution in [0.15, 0.2) is 46.0 Å². The lowest BCUT2D eigenvalue weighted by molar-refractivity contribution is -0.148. The highest BCUT2D eigenvalue weighted by molar-refractivity contribution is 6.32. The first-order valence-electron chi connectivity index (χ1n) is 14.4. The molecule has 230 valence electrons. The number of urea groups is 1. The van der Waals surface area contributed by atoms with Gasteiger partial charge in [0, 0.05) is 37.1 Å². The van der Waals surface area contributed by atoms with Gasteiger partial charge in [0.25, 0.3) is 5.56 Å². The smallest absolute Gasteiger partial charge is 0.331 e. The molecule has 1 aliphatic carbocycles. The fraction of sp³-hybridized carbons (Fsp3) is 0.419. The molecule has 2 fully saturated rings. The lowest BCUT2D eigenvalue weighted by Gasteiger charge is -2.36. The van der Waals surface area contributed by atoms with Crippen LogP contribution in [0.3, 0.4) is 0 Å². The molecule has 2 aliphatic rings. The van der Waals surface area contributed by atoms with Gasteiger partial charge in [0.2, 0.25) is 5.91 Å². The third-order valence-electron chi connectivity index (χ3n) is 8.07. The zero-order valence-electron chi connectivity index (χ0n) is 24.6. The number of hydrogen-bond donors (Lipinski definition) is 2. The van der Waals surface area contributed by atoms with Crippen LogP contribution in [0.25, 0.3) is 10.9 Å². The van der Waals surface area contributed by atoms with E-state index in [9.17, 15) is 24.0 Å². The molecule has 1 aliphatic heterocycles. The summed E-state index contributed by atoms with van der Waals surface area (Å²) in [4.78, 5) is 67.2. The van der Waals surface area contributed by atoms with Gasteiger partial charge in [0.1, 0.15) is 6.07 Å². The van der Waals surface area contributed by atoms with E-state index in [4.69, 9.17) is 21.6 Å². The van der Waals surface area contributed by atoms with Crippen molar-refractivity contribution < 1.29 is 19.1 Å². The van der Waals surface area contributed by atoms with Crippen molar-refractivity contribution in [3.8, 4) is 6.07 Å². The van der Waals surface area contributed by atoms with Crippen molar-refractivity contribution in [3.05, 3.63) is 67.8 Å². The number of hydrogen-bond acceptors (Lipinski definition) is 7. The number of carbonyl (C=O) groups excluding carboxylic acids is 3. The number of likely N-dealkylation sites (tertiary alicyclic amines) is 1. The monoisotopic (exact) mass is 620 g/mol. The topological polar surface area (TPSA) is 156 Å². The highest BCUT2D eigenvalue weighted by Crippen LogP contribution is 2.30. The number of rotatable bonds is 7. The van der Waals surface area contributed by atoms with E-state index in [-0.39, 0.29) is 41.8 Å². The molecule has 3 aromatic rings. The number of nitrogens with zero attached hydrogens (tertiary/aromatic N) is 4. The number of piperidine rings is 1. The Kier molecular flexibility index (Phi) is 8.78. The van der Waals surface area contributed by atoms with Crippen LogP contribution in [0.5, 0.6) is 0 Å². The van der Waals surface area contributed by atoms with Gasteiger partial charge in [0.05, 0.1) is 40.4 Å². The van der Waals surface area contributed by atoms with E-state index in [0.717, 1.165) is 12.8 Å². The quantitative estimate of drug-likeness (QED) is 0.379. The standard InChI is InChI=1S/C31H33ClN6O6/c1-17(2)38-26-9-8-22(11-24(26)28(40)37(31(38)43)14-18-4-5-18)35-30(42)36-15-20(10-21(16-36)29(41)44-3)27(39)34-23-7-6-19(13-33)25(32)12-23/h6-9,11-12,17-18,20-21H,4-5,10,14-16H2,1-3H3,(H,34,39)(H,35,42)/t20-,21+/m0/s1. The Balaban J connectivity index is 1.39. The third kappa shape index (κ3) is 6.33. The minimum Gasteiger partial charge on any atom is -0.469 e. The molecule has 0 radical (unpaired) electrons. The Labute approximate surface area is 258 Å². The van der Waals surface area contributed by atoms with Crippen LogP contribution in [-0.2, 0) is 20.9 Å². The van der Waals surface area contributed by atoms with Gasteiger partial charge < -0.3 is 20.3 Å². The number of carbonyl (C=O) groups is 3. The van der Waals surface area contributed by atoms with Crippen LogP contribution in [0.1, 0.15) is 44.7 Å². The molecule has 1 saturated heterocycles. The van der Waals surface area contributed by atoms with Crippen LogP contribution in [0.4, 0.5) is 16.2 Å². The molecule has 3 amide bonds. The maximum atomic E-state index is 13.5. The molecule has 2 atom stereocenters. The summed E-state index contributed by atoms with van der Waals surface area (Å²) < 4.78 is 7.79. The number of anilines is 2. The Bertz CT molecular complexity index is 1800. The van der Waals surface area contributed by atoms with E-state index in [1.807, 2.05) is 19.9 Å². The van der Waals surface area contributed by atoms with Gasteiger partial charge in [-0.05, 0) is 75.4 Å². The Morgan fingerprint density at radius 1 is 1.05 bits per heavy atom. The zero-order chi connectivity index (χ0) is 31.7. The molecule has 5 rings (SSSR count). The van der Waals surface area contributed by atoms with Gasteiger partial charge in [-0.25, -0.2) is 9.59 Å². The summed E-state index contributed by atoms with van der Waals surface area (Å²) in [7, 11) is 1.25. The Morgan fingerprint density at radius 3 is 2.36 bits per heavy atom. The average molecular weight is 621 g/mol. The van der Waals surface area contributed by atoms with E-state index in [0.29, 0.717) is 34.7 Å². The molecule has 0 unspecified atom stereocenters. The number of esters is 1. The summed E-state index contributed by atoms with van der Waals surface area (Å²) in [5, 5.41) is 15.1. The van der Waals surface area contributed by atoms with Crippen LogP contribution < -0.4 is 21.9 Å². The van der Waals surface area contributed by atoms with Gasteiger partial charge in [0.15, 0.2) is 0 Å². The first-order valence-corrected chi connectivity index (χ1v) is 14.8. The second-order valence-electron chi connectivity index (χ2n) is 11.6. The number of nitriles is 1. The van der Waals surface area contributed by atoms with Crippen molar-refractivity contribution in [1.29, 1.82) is 5.26 Å². The maximum Gasteiger partial charge on any atom is 0.331 e. The summed E-state index contributed by atoms with van der Waals surface area (Å²) in [6.45, 7) is 4.15. The van der Waals surface area contributed by atoms with E-state index in [1.54, 1.807) is 28.8 Å². The van der Waals surface area contributed by atoms with Crippen LogP contribution in [-0.4, -0.2) is 52.1 Å². The van der Waals surface area contributed by atoms with Crippen molar-refractivity contribution in [2.45, 2.75) is 45.7 Å².